The van der Waals surface area contributed by atoms with E-state index in [9.17, 15) is 9.90 Å². The van der Waals surface area contributed by atoms with E-state index in [-0.39, 0.29) is 0 Å². The molecule has 2 heteroatoms. The van der Waals surface area contributed by atoms with E-state index in [0.717, 1.165) is 24.3 Å². The molecule has 0 unspecified atom stereocenters. The summed E-state index contributed by atoms with van der Waals surface area (Å²) in [7, 11) is 0. The molecule has 1 aromatic carbocycles. The molecule has 22 heavy (non-hydrogen) atoms. The van der Waals surface area contributed by atoms with Gasteiger partial charge in [0.25, 0.3) is 0 Å². The van der Waals surface area contributed by atoms with Gasteiger partial charge in [0.1, 0.15) is 0 Å². The van der Waals surface area contributed by atoms with Gasteiger partial charge in [0.05, 0.1) is 5.41 Å². The molecule has 1 N–H and O–H groups in total. The van der Waals surface area contributed by atoms with Crippen molar-refractivity contribution < 1.29 is 9.90 Å². The number of hydrogen-bond acceptors (Lipinski definition) is 1. The van der Waals surface area contributed by atoms with Crippen LogP contribution in [0.4, 0.5) is 0 Å². The van der Waals surface area contributed by atoms with Crippen LogP contribution in [0.3, 0.4) is 0 Å². The maximum absolute atomic E-state index is 11.5. The minimum absolute atomic E-state index is 0.411. The van der Waals surface area contributed by atoms with E-state index in [4.69, 9.17) is 0 Å². The Morgan fingerprint density at radius 1 is 1.14 bits per heavy atom. The summed E-state index contributed by atoms with van der Waals surface area (Å²) in [6, 6.07) is 8.45. The summed E-state index contributed by atoms with van der Waals surface area (Å²) in [5.41, 5.74) is 2.22. The van der Waals surface area contributed by atoms with Crippen LogP contribution in [0.2, 0.25) is 0 Å². The van der Waals surface area contributed by atoms with Gasteiger partial charge in [-0.25, -0.2) is 0 Å². The van der Waals surface area contributed by atoms with Crippen LogP contribution in [-0.2, 0) is 10.2 Å². The number of carboxylic acids is 1. The van der Waals surface area contributed by atoms with E-state index >= 15 is 0 Å². The summed E-state index contributed by atoms with van der Waals surface area (Å²) < 4.78 is 0. The molecule has 3 rings (SSSR count). The maximum Gasteiger partial charge on any atom is 0.314 e. The van der Waals surface area contributed by atoms with Crippen molar-refractivity contribution in [1.82, 2.24) is 0 Å². The number of rotatable bonds is 3. The summed E-state index contributed by atoms with van der Waals surface area (Å²) in [6.07, 6.45) is 6.66. The normalized spacial score (nSPS) is 27.4. The zero-order valence-corrected chi connectivity index (χ0v) is 14.1. The lowest BCUT2D eigenvalue weighted by atomic mass is 9.68. The van der Waals surface area contributed by atoms with Gasteiger partial charge < -0.3 is 5.11 Å². The third kappa shape index (κ3) is 2.80. The highest BCUT2D eigenvalue weighted by Crippen LogP contribution is 2.49. The molecular formula is C20H28O2. The lowest BCUT2D eigenvalue weighted by Gasteiger charge is -2.37. The van der Waals surface area contributed by atoms with Gasteiger partial charge in [0.2, 0.25) is 0 Å². The van der Waals surface area contributed by atoms with Crippen molar-refractivity contribution in [3.8, 4) is 0 Å². The first-order valence-corrected chi connectivity index (χ1v) is 8.67. The maximum atomic E-state index is 11.5. The Morgan fingerprint density at radius 3 is 2.27 bits per heavy atom. The van der Waals surface area contributed by atoms with Crippen LogP contribution >= 0.6 is 0 Å². The SMILES string of the molecule is CC(C)(C)C1CCC(c2cccc(C3(C(=O)O)CC3)c2)CC1. The minimum Gasteiger partial charge on any atom is -0.481 e. The summed E-state index contributed by atoms with van der Waals surface area (Å²) in [6.45, 7) is 7.05. The fraction of sp³-hybridized carbons (Fsp3) is 0.650. The van der Waals surface area contributed by atoms with Crippen molar-refractivity contribution in [3.63, 3.8) is 0 Å². The van der Waals surface area contributed by atoms with Crippen LogP contribution in [0.15, 0.2) is 24.3 Å². The smallest absolute Gasteiger partial charge is 0.314 e. The van der Waals surface area contributed by atoms with Crippen LogP contribution in [0.25, 0.3) is 0 Å². The molecule has 0 aliphatic heterocycles. The summed E-state index contributed by atoms with van der Waals surface area (Å²) in [4.78, 5) is 11.5. The predicted octanol–water partition coefficient (Wildman–Crippen LogP) is 5.12. The van der Waals surface area contributed by atoms with Crippen LogP contribution in [0, 0.1) is 11.3 Å². The topological polar surface area (TPSA) is 37.3 Å². The molecule has 2 fully saturated rings. The van der Waals surface area contributed by atoms with E-state index in [0.29, 0.717) is 11.3 Å². The molecule has 2 aliphatic rings. The molecule has 0 spiro atoms. The monoisotopic (exact) mass is 300 g/mol. The lowest BCUT2D eigenvalue weighted by molar-refractivity contribution is -0.140. The summed E-state index contributed by atoms with van der Waals surface area (Å²) >= 11 is 0. The molecule has 2 saturated carbocycles. The number of carbonyl (C=O) groups is 1. The highest BCUT2D eigenvalue weighted by atomic mass is 16.4. The molecule has 2 aliphatic carbocycles. The fourth-order valence-electron chi connectivity index (χ4n) is 4.13. The minimum atomic E-state index is -0.652. The third-order valence-corrected chi connectivity index (χ3v) is 6.02. The Labute approximate surface area is 133 Å². The van der Waals surface area contributed by atoms with E-state index < -0.39 is 11.4 Å². The Kier molecular flexibility index (Phi) is 3.82. The largest absolute Gasteiger partial charge is 0.481 e. The van der Waals surface area contributed by atoms with E-state index in [1.54, 1.807) is 0 Å². The standard InChI is InChI=1S/C20H28O2/c1-19(2,3)16-9-7-14(8-10-16)15-5-4-6-17(13-15)20(11-12-20)18(21)22/h4-6,13-14,16H,7-12H2,1-3H3,(H,21,22). The highest BCUT2D eigenvalue weighted by molar-refractivity contribution is 5.84. The fourth-order valence-corrected chi connectivity index (χ4v) is 4.13. The molecule has 0 atom stereocenters. The lowest BCUT2D eigenvalue weighted by Crippen LogP contribution is -2.25. The van der Waals surface area contributed by atoms with Gasteiger partial charge in [-0.05, 0) is 66.9 Å². The van der Waals surface area contributed by atoms with E-state index in [1.165, 1.54) is 31.2 Å². The average Bonchev–Trinajstić information content (AvgIpc) is 3.28. The second kappa shape index (κ2) is 5.40. The quantitative estimate of drug-likeness (QED) is 0.841. The Bertz CT molecular complexity index is 555. The van der Waals surface area contributed by atoms with Crippen LogP contribution in [-0.4, -0.2) is 11.1 Å². The second-order valence-corrected chi connectivity index (χ2v) is 8.43. The number of hydrogen-bond donors (Lipinski definition) is 1. The zero-order valence-electron chi connectivity index (χ0n) is 14.1. The van der Waals surface area contributed by atoms with Gasteiger partial charge in [-0.1, -0.05) is 45.0 Å². The molecule has 0 saturated heterocycles. The van der Waals surface area contributed by atoms with Crippen molar-refractivity contribution in [2.45, 2.75) is 70.6 Å². The van der Waals surface area contributed by atoms with Gasteiger partial charge >= 0.3 is 5.97 Å². The Hall–Kier alpha value is -1.31. The van der Waals surface area contributed by atoms with Crippen molar-refractivity contribution in [3.05, 3.63) is 35.4 Å². The molecule has 1 aromatic rings. The molecule has 0 heterocycles. The molecule has 0 radical (unpaired) electrons. The predicted molar refractivity (Wildman–Crippen MR) is 89.1 cm³/mol. The van der Waals surface area contributed by atoms with Gasteiger partial charge in [0, 0.05) is 0 Å². The highest BCUT2D eigenvalue weighted by Gasteiger charge is 2.51. The van der Waals surface area contributed by atoms with Crippen molar-refractivity contribution in [2.24, 2.45) is 11.3 Å². The van der Waals surface area contributed by atoms with E-state index in [1.807, 2.05) is 6.07 Å². The Morgan fingerprint density at radius 2 is 1.77 bits per heavy atom. The van der Waals surface area contributed by atoms with Gasteiger partial charge in [0.15, 0.2) is 0 Å². The van der Waals surface area contributed by atoms with Crippen LogP contribution in [0.5, 0.6) is 0 Å². The summed E-state index contributed by atoms with van der Waals surface area (Å²) in [5.74, 6) is 0.782. The molecule has 0 amide bonds. The van der Waals surface area contributed by atoms with Crippen molar-refractivity contribution in [1.29, 1.82) is 0 Å². The zero-order chi connectivity index (χ0) is 16.0. The van der Waals surface area contributed by atoms with E-state index in [2.05, 4.69) is 39.0 Å². The molecule has 2 nitrogen and oxygen atoms in total. The number of aliphatic carboxylic acids is 1. The molecule has 120 valence electrons. The van der Waals surface area contributed by atoms with Gasteiger partial charge in [-0.15, -0.1) is 0 Å². The second-order valence-electron chi connectivity index (χ2n) is 8.43. The Balaban J connectivity index is 1.73. The molecular weight excluding hydrogens is 272 g/mol. The van der Waals surface area contributed by atoms with Crippen LogP contribution in [0.1, 0.15) is 76.3 Å². The first kappa shape index (κ1) is 15.6. The third-order valence-electron chi connectivity index (χ3n) is 6.02. The van der Waals surface area contributed by atoms with Gasteiger partial charge in [-0.3, -0.25) is 4.79 Å². The molecule has 0 bridgehead atoms. The van der Waals surface area contributed by atoms with Crippen molar-refractivity contribution >= 4 is 5.97 Å². The van der Waals surface area contributed by atoms with Crippen molar-refractivity contribution in [2.75, 3.05) is 0 Å². The first-order chi connectivity index (χ1) is 10.3. The van der Waals surface area contributed by atoms with Crippen LogP contribution < -0.4 is 0 Å². The summed E-state index contributed by atoms with van der Waals surface area (Å²) in [5, 5.41) is 9.48. The number of carboxylic acid groups (broad SMARTS) is 1. The van der Waals surface area contributed by atoms with Gasteiger partial charge in [-0.2, -0.15) is 0 Å². The molecule has 0 aromatic heterocycles. The number of benzene rings is 1. The first-order valence-electron chi connectivity index (χ1n) is 8.67. The average molecular weight is 300 g/mol.